The summed E-state index contributed by atoms with van der Waals surface area (Å²) < 4.78 is 19.2. The molecule has 30 heavy (non-hydrogen) atoms. The van der Waals surface area contributed by atoms with Gasteiger partial charge in [-0.2, -0.15) is 4.98 Å². The lowest BCUT2D eigenvalue weighted by molar-refractivity contribution is -0.121. The molecule has 2 aromatic carbocycles. The highest BCUT2D eigenvalue weighted by Gasteiger charge is 2.27. The number of benzene rings is 2. The molecule has 1 aromatic heterocycles. The van der Waals surface area contributed by atoms with E-state index in [1.165, 1.54) is 12.1 Å². The van der Waals surface area contributed by atoms with Gasteiger partial charge in [0.05, 0.1) is 17.5 Å². The van der Waals surface area contributed by atoms with E-state index in [-0.39, 0.29) is 17.6 Å². The van der Waals surface area contributed by atoms with Crippen LogP contribution >= 0.6 is 27.5 Å². The van der Waals surface area contributed by atoms with Crippen LogP contribution in [0, 0.1) is 11.7 Å². The molecule has 0 saturated carbocycles. The highest BCUT2D eigenvalue weighted by atomic mass is 79.9. The fourth-order valence-corrected chi connectivity index (χ4v) is 3.89. The van der Waals surface area contributed by atoms with Gasteiger partial charge in [0.2, 0.25) is 17.6 Å². The molecule has 1 fully saturated rings. The average molecular weight is 494 g/mol. The first-order chi connectivity index (χ1) is 14.5. The predicted molar refractivity (Wildman–Crippen MR) is 115 cm³/mol. The molecule has 1 aliphatic heterocycles. The lowest BCUT2D eigenvalue weighted by atomic mass is 9.97. The molecule has 1 amide bonds. The van der Waals surface area contributed by atoms with Crippen molar-refractivity contribution in [3.05, 3.63) is 63.7 Å². The summed E-state index contributed by atoms with van der Waals surface area (Å²) in [5.41, 5.74) is 1.36. The number of hydrogen-bond acceptors (Lipinski definition) is 5. The van der Waals surface area contributed by atoms with E-state index in [4.69, 9.17) is 16.1 Å². The van der Waals surface area contributed by atoms with E-state index >= 15 is 0 Å². The number of nitrogens with zero attached hydrogens (tertiary/aromatic N) is 3. The quantitative estimate of drug-likeness (QED) is 0.533. The number of rotatable bonds is 5. The van der Waals surface area contributed by atoms with Gasteiger partial charge in [-0.05, 0) is 77.8 Å². The Hall–Kier alpha value is -2.29. The third kappa shape index (κ3) is 5.06. The normalized spacial score (nSPS) is 17.1. The van der Waals surface area contributed by atoms with Gasteiger partial charge in [-0.3, -0.25) is 9.69 Å². The van der Waals surface area contributed by atoms with Crippen molar-refractivity contribution >= 4 is 39.1 Å². The maximum absolute atomic E-state index is 13.1. The minimum absolute atomic E-state index is 0.0318. The van der Waals surface area contributed by atoms with Crippen LogP contribution in [0.4, 0.5) is 10.1 Å². The molecule has 4 rings (SSSR count). The van der Waals surface area contributed by atoms with Gasteiger partial charge in [0.25, 0.3) is 0 Å². The first kappa shape index (κ1) is 21.0. The Kier molecular flexibility index (Phi) is 6.46. The van der Waals surface area contributed by atoms with E-state index in [2.05, 4.69) is 36.3 Å². The van der Waals surface area contributed by atoms with Crippen molar-refractivity contribution in [2.24, 2.45) is 5.92 Å². The number of carbonyl (C=O) groups excluding carboxylic acids is 1. The molecule has 1 atom stereocenters. The molecular weight excluding hydrogens is 475 g/mol. The maximum Gasteiger partial charge on any atom is 0.241 e. The molecule has 156 valence electrons. The van der Waals surface area contributed by atoms with Gasteiger partial charge in [-0.15, -0.1) is 0 Å². The third-order valence-corrected chi connectivity index (χ3v) is 6.23. The summed E-state index contributed by atoms with van der Waals surface area (Å²) >= 11 is 9.45. The van der Waals surface area contributed by atoms with Crippen LogP contribution in [-0.2, 0) is 11.3 Å². The number of anilines is 1. The zero-order chi connectivity index (χ0) is 21.1. The van der Waals surface area contributed by atoms with Gasteiger partial charge in [0.1, 0.15) is 5.82 Å². The van der Waals surface area contributed by atoms with Crippen molar-refractivity contribution in [1.29, 1.82) is 0 Å². The lowest BCUT2D eigenvalue weighted by Crippen LogP contribution is -2.40. The van der Waals surface area contributed by atoms with Crippen LogP contribution in [0.3, 0.4) is 0 Å². The van der Waals surface area contributed by atoms with Crippen LogP contribution in [0.2, 0.25) is 5.02 Å². The molecule has 1 unspecified atom stereocenters. The summed E-state index contributed by atoms with van der Waals surface area (Å²) in [5, 5.41) is 7.47. The molecule has 0 radical (unpaired) electrons. The number of aromatic nitrogens is 2. The summed E-state index contributed by atoms with van der Waals surface area (Å²) in [4.78, 5) is 19.2. The molecular formula is C21H19BrClFN4O2. The molecule has 1 saturated heterocycles. The van der Waals surface area contributed by atoms with Crippen molar-refractivity contribution in [2.45, 2.75) is 19.4 Å². The van der Waals surface area contributed by atoms with E-state index in [0.29, 0.717) is 41.1 Å². The molecule has 6 nitrogen and oxygen atoms in total. The van der Waals surface area contributed by atoms with E-state index in [1.807, 2.05) is 6.07 Å². The van der Waals surface area contributed by atoms with E-state index in [1.54, 1.807) is 24.3 Å². The Morgan fingerprint density at radius 1 is 1.30 bits per heavy atom. The Morgan fingerprint density at radius 2 is 2.10 bits per heavy atom. The van der Waals surface area contributed by atoms with Crippen molar-refractivity contribution < 1.29 is 13.7 Å². The summed E-state index contributed by atoms with van der Waals surface area (Å²) in [7, 11) is 0. The number of nitrogens with one attached hydrogen (secondary N) is 1. The predicted octanol–water partition coefficient (Wildman–Crippen LogP) is 5.14. The minimum Gasteiger partial charge on any atom is -0.338 e. The number of likely N-dealkylation sites (tertiary alicyclic amines) is 1. The third-order valence-electron chi connectivity index (χ3n) is 4.99. The fraction of sp³-hybridized carbons (Fsp3) is 0.286. The number of carbonyl (C=O) groups is 1. The summed E-state index contributed by atoms with van der Waals surface area (Å²) in [6.45, 7) is 1.91. The number of halogens is 3. The van der Waals surface area contributed by atoms with Gasteiger partial charge >= 0.3 is 0 Å². The van der Waals surface area contributed by atoms with Crippen LogP contribution in [0.1, 0.15) is 18.7 Å². The summed E-state index contributed by atoms with van der Waals surface area (Å²) in [6.07, 6.45) is 1.72. The Morgan fingerprint density at radius 3 is 2.87 bits per heavy atom. The Balaban J connectivity index is 1.36. The van der Waals surface area contributed by atoms with Crippen molar-refractivity contribution in [1.82, 2.24) is 15.0 Å². The largest absolute Gasteiger partial charge is 0.338 e. The SMILES string of the molecule is O=C(Nc1ccc(Br)c(Cl)c1)C1CCCN(Cc2nc(-c3ccc(F)cc3)no2)C1. The van der Waals surface area contributed by atoms with Crippen molar-refractivity contribution in [2.75, 3.05) is 18.4 Å². The van der Waals surface area contributed by atoms with E-state index < -0.39 is 0 Å². The number of piperidine rings is 1. The second kappa shape index (κ2) is 9.24. The zero-order valence-corrected chi connectivity index (χ0v) is 18.3. The molecule has 2 heterocycles. The standard InChI is InChI=1S/C21H19BrClFN4O2/c22-17-8-7-16(10-18(17)23)25-21(29)14-2-1-9-28(11-14)12-19-26-20(27-30-19)13-3-5-15(24)6-4-13/h3-8,10,14H,1-2,9,11-12H2,(H,25,29). The number of hydrogen-bond donors (Lipinski definition) is 1. The first-order valence-corrected chi connectivity index (χ1v) is 10.7. The van der Waals surface area contributed by atoms with Crippen LogP contribution < -0.4 is 5.32 Å². The lowest BCUT2D eigenvalue weighted by Gasteiger charge is -2.30. The topological polar surface area (TPSA) is 71.3 Å². The zero-order valence-electron chi connectivity index (χ0n) is 15.9. The molecule has 9 heteroatoms. The summed E-state index contributed by atoms with van der Waals surface area (Å²) in [6, 6.07) is 11.3. The Labute approximate surface area is 186 Å². The van der Waals surface area contributed by atoms with Gasteiger partial charge in [0.15, 0.2) is 0 Å². The fourth-order valence-electron chi connectivity index (χ4n) is 3.46. The molecule has 1 N–H and O–H groups in total. The highest BCUT2D eigenvalue weighted by Crippen LogP contribution is 2.27. The van der Waals surface area contributed by atoms with Crippen LogP contribution in [0.5, 0.6) is 0 Å². The van der Waals surface area contributed by atoms with Crippen molar-refractivity contribution in [3.63, 3.8) is 0 Å². The molecule has 3 aromatic rings. The van der Waals surface area contributed by atoms with Crippen LogP contribution in [-0.4, -0.2) is 34.0 Å². The summed E-state index contributed by atoms with van der Waals surface area (Å²) in [5.74, 6) is 0.403. The highest BCUT2D eigenvalue weighted by molar-refractivity contribution is 9.10. The molecule has 1 aliphatic rings. The van der Waals surface area contributed by atoms with Crippen LogP contribution in [0.15, 0.2) is 51.5 Å². The number of amides is 1. The van der Waals surface area contributed by atoms with E-state index in [0.717, 1.165) is 23.9 Å². The molecule has 0 spiro atoms. The monoisotopic (exact) mass is 492 g/mol. The molecule has 0 aliphatic carbocycles. The van der Waals surface area contributed by atoms with Crippen LogP contribution in [0.25, 0.3) is 11.4 Å². The maximum atomic E-state index is 13.1. The van der Waals surface area contributed by atoms with Gasteiger partial charge in [0, 0.05) is 22.3 Å². The van der Waals surface area contributed by atoms with E-state index in [9.17, 15) is 9.18 Å². The second-order valence-electron chi connectivity index (χ2n) is 7.21. The van der Waals surface area contributed by atoms with Gasteiger partial charge in [-0.1, -0.05) is 16.8 Å². The van der Waals surface area contributed by atoms with Gasteiger partial charge < -0.3 is 9.84 Å². The first-order valence-electron chi connectivity index (χ1n) is 9.55. The average Bonchev–Trinajstić information content (AvgIpc) is 3.20. The van der Waals surface area contributed by atoms with Crippen molar-refractivity contribution in [3.8, 4) is 11.4 Å². The smallest absolute Gasteiger partial charge is 0.241 e. The Bertz CT molecular complexity index is 1040. The minimum atomic E-state index is -0.314. The second-order valence-corrected chi connectivity index (χ2v) is 8.47. The van der Waals surface area contributed by atoms with Gasteiger partial charge in [-0.25, -0.2) is 4.39 Å². The molecule has 0 bridgehead atoms.